The lowest BCUT2D eigenvalue weighted by molar-refractivity contribution is -0.125. The first-order chi connectivity index (χ1) is 13.2. The Morgan fingerprint density at radius 1 is 0.852 bits per heavy atom. The lowest BCUT2D eigenvalue weighted by atomic mass is 9.98. The molecule has 1 aliphatic carbocycles. The Bertz CT molecular complexity index is 1090. The number of anilines is 1. The molecule has 1 amide bonds. The van der Waals surface area contributed by atoms with E-state index in [1.165, 1.54) is 22.3 Å². The summed E-state index contributed by atoms with van der Waals surface area (Å²) in [6, 6.07) is 21.5. The Hall–Kier alpha value is -3.40. The molecule has 0 bridgehead atoms. The van der Waals surface area contributed by atoms with Crippen molar-refractivity contribution in [2.45, 2.75) is 18.9 Å². The topological polar surface area (TPSA) is 55.4 Å². The van der Waals surface area contributed by atoms with E-state index >= 15 is 0 Å². The highest BCUT2D eigenvalue weighted by molar-refractivity contribution is 6.00. The molecule has 0 aromatic heterocycles. The van der Waals surface area contributed by atoms with Crippen molar-refractivity contribution in [3.8, 4) is 11.1 Å². The summed E-state index contributed by atoms with van der Waals surface area (Å²) in [5, 5.41) is 2.90. The van der Waals surface area contributed by atoms with Crippen LogP contribution in [0.3, 0.4) is 0 Å². The number of carbonyl (C=O) groups excluding carboxylic acids is 2. The molecule has 132 valence electrons. The van der Waals surface area contributed by atoms with Crippen molar-refractivity contribution in [1.29, 1.82) is 0 Å². The number of nitrogens with one attached hydrogen (secondary N) is 1. The summed E-state index contributed by atoms with van der Waals surface area (Å²) in [5.41, 5.74) is 7.07. The van der Waals surface area contributed by atoms with E-state index in [1.54, 1.807) is 12.1 Å². The summed E-state index contributed by atoms with van der Waals surface area (Å²) in [6.07, 6.45) is 0.448. The monoisotopic (exact) mass is 355 g/mol. The number of cyclic esters (lactones) is 1. The molecule has 5 rings (SSSR count). The third-order valence-corrected chi connectivity index (χ3v) is 5.25. The fourth-order valence-corrected chi connectivity index (χ4v) is 3.92. The van der Waals surface area contributed by atoms with Gasteiger partial charge in [-0.15, -0.1) is 0 Å². The molecule has 27 heavy (non-hydrogen) atoms. The molecule has 1 heterocycles. The lowest BCUT2D eigenvalue weighted by Gasteiger charge is -2.23. The summed E-state index contributed by atoms with van der Waals surface area (Å²) in [6.45, 7) is 0. The van der Waals surface area contributed by atoms with Crippen LogP contribution in [0.25, 0.3) is 11.1 Å². The number of benzene rings is 3. The van der Waals surface area contributed by atoms with Crippen LogP contribution in [-0.4, -0.2) is 18.0 Å². The highest BCUT2D eigenvalue weighted by atomic mass is 16.5. The predicted octanol–water partition coefficient (Wildman–Crippen LogP) is 3.98. The lowest BCUT2D eigenvalue weighted by Crippen LogP contribution is -2.37. The zero-order valence-electron chi connectivity index (χ0n) is 14.6. The Morgan fingerprint density at radius 2 is 1.56 bits per heavy atom. The Balaban J connectivity index is 1.35. The van der Waals surface area contributed by atoms with Gasteiger partial charge in [0.15, 0.2) is 6.10 Å². The molecule has 1 N–H and O–H groups in total. The van der Waals surface area contributed by atoms with Gasteiger partial charge < -0.3 is 10.1 Å². The van der Waals surface area contributed by atoms with Crippen molar-refractivity contribution in [2.24, 2.45) is 0 Å². The highest BCUT2D eigenvalue weighted by Crippen LogP contribution is 2.37. The number of hydrogen-bond donors (Lipinski definition) is 1. The summed E-state index contributed by atoms with van der Waals surface area (Å²) >= 11 is 0. The highest BCUT2D eigenvalue weighted by Gasteiger charge is 2.31. The number of esters is 1. The molecule has 4 nitrogen and oxygen atoms in total. The SMILES string of the molecule is O=C1OC(C(=O)Nc2ccc3c(c2)Cc2ccccc2-3)Cc2ccccc21. The quantitative estimate of drug-likeness (QED) is 0.554. The fourth-order valence-electron chi connectivity index (χ4n) is 3.92. The summed E-state index contributed by atoms with van der Waals surface area (Å²) in [4.78, 5) is 24.8. The van der Waals surface area contributed by atoms with E-state index in [-0.39, 0.29) is 5.91 Å². The van der Waals surface area contributed by atoms with Gasteiger partial charge in [0, 0.05) is 12.1 Å². The zero-order chi connectivity index (χ0) is 18.4. The van der Waals surface area contributed by atoms with Crippen LogP contribution in [0.5, 0.6) is 0 Å². The van der Waals surface area contributed by atoms with E-state index in [4.69, 9.17) is 4.74 Å². The van der Waals surface area contributed by atoms with Crippen LogP contribution in [0.4, 0.5) is 5.69 Å². The van der Waals surface area contributed by atoms with Crippen LogP contribution in [0.15, 0.2) is 66.7 Å². The van der Waals surface area contributed by atoms with Crippen LogP contribution >= 0.6 is 0 Å². The molecular formula is C23H17NO3. The number of rotatable bonds is 2. The van der Waals surface area contributed by atoms with Crippen LogP contribution in [0, 0.1) is 0 Å². The first-order valence-corrected chi connectivity index (χ1v) is 9.00. The Kier molecular flexibility index (Phi) is 3.57. The van der Waals surface area contributed by atoms with E-state index < -0.39 is 12.1 Å². The summed E-state index contributed by atoms with van der Waals surface area (Å²) in [5.74, 6) is -0.741. The van der Waals surface area contributed by atoms with E-state index in [9.17, 15) is 9.59 Å². The number of fused-ring (bicyclic) bond motifs is 4. The van der Waals surface area contributed by atoms with Crippen molar-refractivity contribution in [3.63, 3.8) is 0 Å². The van der Waals surface area contributed by atoms with Gasteiger partial charge in [-0.2, -0.15) is 0 Å². The number of ether oxygens (including phenoxy) is 1. The zero-order valence-corrected chi connectivity index (χ0v) is 14.6. The first-order valence-electron chi connectivity index (χ1n) is 9.00. The first kappa shape index (κ1) is 15.8. The molecular weight excluding hydrogens is 338 g/mol. The minimum absolute atomic E-state index is 0.298. The van der Waals surface area contributed by atoms with Crippen molar-refractivity contribution in [1.82, 2.24) is 0 Å². The average molecular weight is 355 g/mol. The third kappa shape index (κ3) is 2.70. The van der Waals surface area contributed by atoms with Gasteiger partial charge in [0.2, 0.25) is 0 Å². The molecule has 3 aromatic carbocycles. The van der Waals surface area contributed by atoms with Gasteiger partial charge in [0.25, 0.3) is 5.91 Å². The van der Waals surface area contributed by atoms with Gasteiger partial charge in [-0.05, 0) is 52.4 Å². The fraction of sp³-hybridized carbons (Fsp3) is 0.130. The molecule has 2 aliphatic rings. The maximum Gasteiger partial charge on any atom is 0.339 e. The largest absolute Gasteiger partial charge is 0.448 e. The third-order valence-electron chi connectivity index (χ3n) is 5.25. The summed E-state index contributed by atoms with van der Waals surface area (Å²) < 4.78 is 5.34. The van der Waals surface area contributed by atoms with Gasteiger partial charge in [-0.3, -0.25) is 4.79 Å². The predicted molar refractivity (Wildman–Crippen MR) is 103 cm³/mol. The minimum Gasteiger partial charge on any atom is -0.448 e. The van der Waals surface area contributed by atoms with Crippen LogP contribution < -0.4 is 5.32 Å². The van der Waals surface area contributed by atoms with Crippen molar-refractivity contribution < 1.29 is 14.3 Å². The number of amides is 1. The maximum absolute atomic E-state index is 12.7. The van der Waals surface area contributed by atoms with Crippen LogP contribution in [0.2, 0.25) is 0 Å². The number of hydrogen-bond acceptors (Lipinski definition) is 3. The van der Waals surface area contributed by atoms with Crippen LogP contribution in [0.1, 0.15) is 27.0 Å². The second kappa shape index (κ2) is 6.09. The average Bonchev–Trinajstić information content (AvgIpc) is 3.05. The summed E-state index contributed by atoms with van der Waals surface area (Å²) in [7, 11) is 0. The molecule has 1 aliphatic heterocycles. The molecule has 0 fully saturated rings. The van der Waals surface area contributed by atoms with Crippen molar-refractivity contribution in [3.05, 3.63) is 89.0 Å². The second-order valence-electron chi connectivity index (χ2n) is 6.95. The molecule has 0 saturated carbocycles. The normalized spacial score (nSPS) is 16.7. The molecule has 1 unspecified atom stereocenters. The van der Waals surface area contributed by atoms with Crippen LogP contribution in [-0.2, 0) is 22.4 Å². The number of carbonyl (C=O) groups is 2. The van der Waals surface area contributed by atoms with E-state index in [1.807, 2.05) is 42.5 Å². The van der Waals surface area contributed by atoms with Crippen molar-refractivity contribution >= 4 is 17.6 Å². The molecule has 4 heteroatoms. The molecule has 0 saturated heterocycles. The second-order valence-corrected chi connectivity index (χ2v) is 6.95. The van der Waals surface area contributed by atoms with Gasteiger partial charge in [-0.1, -0.05) is 48.5 Å². The van der Waals surface area contributed by atoms with Gasteiger partial charge in [0.1, 0.15) is 0 Å². The standard InChI is InChI=1S/C23H17NO3/c25-22(21-13-15-6-2-4-8-20(15)23(26)27-21)24-17-9-10-19-16(12-17)11-14-5-1-3-7-18(14)19/h1-10,12,21H,11,13H2,(H,24,25). The maximum atomic E-state index is 12.7. The van der Waals surface area contributed by atoms with E-state index in [0.29, 0.717) is 12.0 Å². The molecule has 0 spiro atoms. The van der Waals surface area contributed by atoms with Gasteiger partial charge in [-0.25, -0.2) is 4.79 Å². The molecule has 1 atom stereocenters. The van der Waals surface area contributed by atoms with Crippen molar-refractivity contribution in [2.75, 3.05) is 5.32 Å². The van der Waals surface area contributed by atoms with Gasteiger partial charge >= 0.3 is 5.97 Å². The molecule has 3 aromatic rings. The van der Waals surface area contributed by atoms with Gasteiger partial charge in [0.05, 0.1) is 5.56 Å². The minimum atomic E-state index is -0.808. The Morgan fingerprint density at radius 3 is 2.41 bits per heavy atom. The molecule has 0 radical (unpaired) electrons. The smallest absolute Gasteiger partial charge is 0.339 e. The Labute approximate surface area is 156 Å². The van der Waals surface area contributed by atoms with E-state index in [2.05, 4.69) is 17.4 Å². The van der Waals surface area contributed by atoms with E-state index in [0.717, 1.165) is 17.7 Å².